The fourth-order valence-electron chi connectivity index (χ4n) is 3.09. The van der Waals surface area contributed by atoms with E-state index in [4.69, 9.17) is 14.2 Å². The number of methoxy groups -OCH3 is 1. The van der Waals surface area contributed by atoms with Gasteiger partial charge in [-0.2, -0.15) is 0 Å². The molecule has 30 heavy (non-hydrogen) atoms. The SMILES string of the molecule is COc1ccc(/C=C/c2cc(O)cc(O)c2)cc1OC1OC(CO)C(O)C(O)C1O. The second-order valence-corrected chi connectivity index (χ2v) is 6.84. The van der Waals surface area contributed by atoms with E-state index in [0.29, 0.717) is 16.9 Å². The van der Waals surface area contributed by atoms with Crippen molar-refractivity contribution in [2.75, 3.05) is 13.7 Å². The molecule has 9 heteroatoms. The van der Waals surface area contributed by atoms with Gasteiger partial charge in [-0.15, -0.1) is 0 Å². The quantitative estimate of drug-likeness (QED) is 0.366. The first-order valence-electron chi connectivity index (χ1n) is 9.18. The molecule has 1 fully saturated rings. The van der Waals surface area contributed by atoms with Crippen LogP contribution in [0.3, 0.4) is 0 Å². The topological polar surface area (TPSA) is 149 Å². The van der Waals surface area contributed by atoms with Crippen LogP contribution < -0.4 is 9.47 Å². The van der Waals surface area contributed by atoms with Crippen molar-refractivity contribution >= 4 is 12.2 Å². The zero-order valence-corrected chi connectivity index (χ0v) is 16.1. The van der Waals surface area contributed by atoms with Gasteiger partial charge in [0.05, 0.1) is 13.7 Å². The predicted octanol–water partition coefficient (Wildman–Crippen LogP) is 0.456. The van der Waals surface area contributed by atoms with Gasteiger partial charge in [0.15, 0.2) is 11.5 Å². The Balaban J connectivity index is 1.83. The van der Waals surface area contributed by atoms with E-state index in [1.165, 1.54) is 25.3 Å². The standard InChI is InChI=1S/C21H24O9/c1-28-15-5-4-11(2-3-12-6-13(23)9-14(24)7-12)8-16(15)29-21-20(27)19(26)18(25)17(10-22)30-21/h2-9,17-27H,10H2,1H3/b3-2+. The van der Waals surface area contributed by atoms with E-state index in [2.05, 4.69) is 0 Å². The van der Waals surface area contributed by atoms with Gasteiger partial charge in [0, 0.05) is 6.07 Å². The molecule has 9 nitrogen and oxygen atoms in total. The minimum atomic E-state index is -1.56. The number of rotatable bonds is 6. The molecule has 5 unspecified atom stereocenters. The fraction of sp³-hybridized carbons (Fsp3) is 0.333. The normalized spacial score (nSPS) is 26.6. The van der Waals surface area contributed by atoms with E-state index in [-0.39, 0.29) is 17.2 Å². The summed E-state index contributed by atoms with van der Waals surface area (Å²) in [7, 11) is 1.43. The van der Waals surface area contributed by atoms with E-state index in [9.17, 15) is 30.6 Å². The number of aromatic hydroxyl groups is 2. The van der Waals surface area contributed by atoms with Crippen molar-refractivity contribution in [3.8, 4) is 23.0 Å². The molecule has 1 aliphatic rings. The lowest BCUT2D eigenvalue weighted by Crippen LogP contribution is -2.60. The van der Waals surface area contributed by atoms with Crippen molar-refractivity contribution < 1.29 is 44.8 Å². The molecule has 0 saturated carbocycles. The first kappa shape index (κ1) is 21.9. The summed E-state index contributed by atoms with van der Waals surface area (Å²) in [5, 5.41) is 58.4. The highest BCUT2D eigenvalue weighted by molar-refractivity contribution is 5.72. The maximum atomic E-state index is 10.2. The number of phenolic OH excluding ortho intramolecular Hbond substituents is 2. The van der Waals surface area contributed by atoms with Gasteiger partial charge in [-0.1, -0.05) is 18.2 Å². The van der Waals surface area contributed by atoms with E-state index < -0.39 is 37.3 Å². The lowest BCUT2D eigenvalue weighted by Gasteiger charge is -2.39. The number of benzene rings is 2. The molecule has 6 N–H and O–H groups in total. The number of ether oxygens (including phenoxy) is 3. The highest BCUT2D eigenvalue weighted by Gasteiger charge is 2.44. The van der Waals surface area contributed by atoms with Gasteiger partial charge < -0.3 is 44.8 Å². The van der Waals surface area contributed by atoms with Crippen LogP contribution in [0.1, 0.15) is 11.1 Å². The third-order valence-corrected chi connectivity index (χ3v) is 4.67. The average molecular weight is 420 g/mol. The van der Waals surface area contributed by atoms with Gasteiger partial charge >= 0.3 is 0 Å². The zero-order valence-electron chi connectivity index (χ0n) is 16.1. The molecular weight excluding hydrogens is 396 g/mol. The van der Waals surface area contributed by atoms with Crippen LogP contribution in [0.25, 0.3) is 12.2 Å². The van der Waals surface area contributed by atoms with Crippen LogP contribution in [0.4, 0.5) is 0 Å². The van der Waals surface area contributed by atoms with Gasteiger partial charge in [0.25, 0.3) is 0 Å². The van der Waals surface area contributed by atoms with Crippen LogP contribution >= 0.6 is 0 Å². The molecule has 0 bridgehead atoms. The van der Waals surface area contributed by atoms with Crippen LogP contribution in [0.15, 0.2) is 36.4 Å². The third-order valence-electron chi connectivity index (χ3n) is 4.67. The Hall–Kier alpha value is -2.82. The lowest BCUT2D eigenvalue weighted by atomic mass is 9.99. The third kappa shape index (κ3) is 4.84. The van der Waals surface area contributed by atoms with Gasteiger partial charge in [-0.3, -0.25) is 0 Å². The largest absolute Gasteiger partial charge is 0.508 e. The first-order valence-corrected chi connectivity index (χ1v) is 9.18. The molecule has 1 saturated heterocycles. The summed E-state index contributed by atoms with van der Waals surface area (Å²) in [4.78, 5) is 0. The van der Waals surface area contributed by atoms with Gasteiger partial charge in [0.2, 0.25) is 6.29 Å². The second-order valence-electron chi connectivity index (χ2n) is 6.84. The molecule has 2 aromatic carbocycles. The predicted molar refractivity (Wildman–Crippen MR) is 106 cm³/mol. The van der Waals surface area contributed by atoms with E-state index in [1.807, 2.05) is 0 Å². The highest BCUT2D eigenvalue weighted by Crippen LogP contribution is 2.33. The average Bonchev–Trinajstić information content (AvgIpc) is 2.72. The Labute approximate surface area is 172 Å². The fourth-order valence-corrected chi connectivity index (χ4v) is 3.09. The molecule has 0 aromatic heterocycles. The maximum absolute atomic E-state index is 10.2. The van der Waals surface area contributed by atoms with Crippen molar-refractivity contribution in [1.29, 1.82) is 0 Å². The molecule has 1 aliphatic heterocycles. The van der Waals surface area contributed by atoms with E-state index in [1.54, 1.807) is 30.4 Å². The summed E-state index contributed by atoms with van der Waals surface area (Å²) < 4.78 is 16.3. The van der Waals surface area contributed by atoms with Crippen molar-refractivity contribution in [1.82, 2.24) is 0 Å². The Morgan fingerprint density at radius 3 is 2.17 bits per heavy atom. The summed E-state index contributed by atoms with van der Waals surface area (Å²) in [6, 6.07) is 9.13. The van der Waals surface area contributed by atoms with Gasteiger partial charge in [-0.05, 0) is 35.4 Å². The number of aliphatic hydroxyl groups is 4. The van der Waals surface area contributed by atoms with Crippen molar-refractivity contribution in [3.05, 3.63) is 47.5 Å². The Bertz CT molecular complexity index is 876. The summed E-state index contributed by atoms with van der Waals surface area (Å²) in [6.45, 7) is -0.568. The van der Waals surface area contributed by atoms with Crippen LogP contribution in [-0.2, 0) is 4.74 Å². The molecule has 2 aromatic rings. The summed E-state index contributed by atoms with van der Waals surface area (Å²) >= 11 is 0. The van der Waals surface area contributed by atoms with E-state index in [0.717, 1.165) is 0 Å². The first-order chi connectivity index (χ1) is 14.3. The number of hydrogen-bond acceptors (Lipinski definition) is 9. The molecule has 0 spiro atoms. The summed E-state index contributed by atoms with van der Waals surface area (Å²) in [6.07, 6.45) is -3.68. The van der Waals surface area contributed by atoms with Gasteiger partial charge in [0.1, 0.15) is 35.9 Å². The zero-order chi connectivity index (χ0) is 21.8. The molecular formula is C21H24O9. The van der Waals surface area contributed by atoms with Crippen LogP contribution in [0.5, 0.6) is 23.0 Å². The highest BCUT2D eigenvalue weighted by atomic mass is 16.7. The minimum Gasteiger partial charge on any atom is -0.508 e. The second kappa shape index (κ2) is 9.33. The Kier molecular flexibility index (Phi) is 6.80. The van der Waals surface area contributed by atoms with Crippen LogP contribution in [-0.4, -0.2) is 75.1 Å². The lowest BCUT2D eigenvalue weighted by molar-refractivity contribution is -0.277. The van der Waals surface area contributed by atoms with Crippen molar-refractivity contribution in [2.24, 2.45) is 0 Å². The number of aliphatic hydroxyl groups excluding tert-OH is 4. The molecule has 162 valence electrons. The molecule has 0 aliphatic carbocycles. The molecule has 5 atom stereocenters. The van der Waals surface area contributed by atoms with Gasteiger partial charge in [-0.25, -0.2) is 0 Å². The Morgan fingerprint density at radius 2 is 1.53 bits per heavy atom. The molecule has 0 amide bonds. The van der Waals surface area contributed by atoms with E-state index >= 15 is 0 Å². The van der Waals surface area contributed by atoms with Crippen molar-refractivity contribution in [3.63, 3.8) is 0 Å². The Morgan fingerprint density at radius 1 is 0.867 bits per heavy atom. The van der Waals surface area contributed by atoms with Crippen LogP contribution in [0.2, 0.25) is 0 Å². The summed E-state index contributed by atoms with van der Waals surface area (Å²) in [5.74, 6) is 0.383. The van der Waals surface area contributed by atoms with Crippen LogP contribution in [0, 0.1) is 0 Å². The van der Waals surface area contributed by atoms with Crippen molar-refractivity contribution in [2.45, 2.75) is 30.7 Å². The molecule has 3 rings (SSSR count). The number of hydrogen-bond donors (Lipinski definition) is 6. The number of phenols is 2. The molecule has 1 heterocycles. The maximum Gasteiger partial charge on any atom is 0.229 e. The summed E-state index contributed by atoms with van der Waals surface area (Å²) in [5.41, 5.74) is 1.23. The minimum absolute atomic E-state index is 0.0731. The smallest absolute Gasteiger partial charge is 0.229 e. The monoisotopic (exact) mass is 420 g/mol. The molecule has 0 radical (unpaired) electrons.